The van der Waals surface area contributed by atoms with Gasteiger partial charge in [-0.3, -0.25) is 5.01 Å². The molecule has 2 aromatic carbocycles. The first-order valence-electron chi connectivity index (χ1n) is 6.99. The van der Waals surface area contributed by atoms with E-state index in [1.165, 1.54) is 7.05 Å². The number of anilines is 1. The molecule has 6 nitrogen and oxygen atoms in total. The Hall–Kier alpha value is -1.90. The summed E-state index contributed by atoms with van der Waals surface area (Å²) in [6.07, 6.45) is 1.95. The van der Waals surface area contributed by atoms with Crippen LogP contribution in [-0.2, 0) is 6.61 Å². The van der Waals surface area contributed by atoms with Gasteiger partial charge in [0, 0.05) is 17.5 Å². The van der Waals surface area contributed by atoms with E-state index in [2.05, 4.69) is 21.2 Å². The maximum atomic E-state index is 11.8. The number of urea groups is 1. The van der Waals surface area contributed by atoms with Crippen molar-refractivity contribution in [2.45, 2.75) is 11.5 Å². The fraction of sp³-hybridized carbons (Fsp3) is 0.188. The number of halogens is 1. The smallest absolute Gasteiger partial charge is 0.335 e. The summed E-state index contributed by atoms with van der Waals surface area (Å²) < 4.78 is 6.49. The lowest BCUT2D eigenvalue weighted by Crippen LogP contribution is -2.37. The number of nitrogens with two attached hydrogens (primary N) is 1. The second kappa shape index (κ2) is 8.27. The molecule has 0 unspecified atom stereocenters. The van der Waals surface area contributed by atoms with E-state index in [-0.39, 0.29) is 12.4 Å². The lowest BCUT2D eigenvalue weighted by molar-refractivity contribution is 0.223. The second-order valence-electron chi connectivity index (χ2n) is 4.93. The molecule has 0 atom stereocenters. The van der Waals surface area contributed by atoms with Crippen LogP contribution in [0.1, 0.15) is 5.56 Å². The fourth-order valence-corrected chi connectivity index (χ4v) is 3.09. The summed E-state index contributed by atoms with van der Waals surface area (Å²) in [6, 6.07) is 9.97. The van der Waals surface area contributed by atoms with E-state index >= 15 is 0 Å². The van der Waals surface area contributed by atoms with E-state index in [1.54, 1.807) is 36.0 Å². The van der Waals surface area contributed by atoms with E-state index in [9.17, 15) is 9.90 Å². The minimum absolute atomic E-state index is 0.151. The highest BCUT2D eigenvalue weighted by Gasteiger charge is 2.13. The summed E-state index contributed by atoms with van der Waals surface area (Å²) in [4.78, 5) is 12.8. The van der Waals surface area contributed by atoms with Crippen molar-refractivity contribution in [3.8, 4) is 11.5 Å². The number of nitrogens with zero attached hydrogens (tertiary/aromatic N) is 1. The standard InChI is InChI=1S/C16H18BrN3O3S/c1-20(18)16(22)19-13-4-3-5-15(24-2)11(13)9-23-14-7-6-10(21)8-12(14)17/h3-8,21H,9,18H2,1-2H3,(H,19,22). The maximum Gasteiger partial charge on any atom is 0.335 e. The summed E-state index contributed by atoms with van der Waals surface area (Å²) in [5.74, 6) is 6.20. The minimum atomic E-state index is -0.416. The van der Waals surface area contributed by atoms with Crippen molar-refractivity contribution in [3.63, 3.8) is 0 Å². The molecule has 128 valence electrons. The van der Waals surface area contributed by atoms with Crippen LogP contribution in [0, 0.1) is 0 Å². The predicted molar refractivity (Wildman–Crippen MR) is 99.3 cm³/mol. The zero-order chi connectivity index (χ0) is 17.7. The Morgan fingerprint density at radius 3 is 2.79 bits per heavy atom. The Morgan fingerprint density at radius 1 is 1.42 bits per heavy atom. The first-order chi connectivity index (χ1) is 11.4. The predicted octanol–water partition coefficient (Wildman–Crippen LogP) is 3.79. The number of carbonyl (C=O) groups excluding carboxylic acids is 1. The number of nitrogens with one attached hydrogen (secondary N) is 1. The summed E-state index contributed by atoms with van der Waals surface area (Å²) in [5.41, 5.74) is 1.49. The molecule has 0 radical (unpaired) electrons. The molecular formula is C16H18BrN3O3S. The number of carbonyl (C=O) groups is 1. The average molecular weight is 412 g/mol. The van der Waals surface area contributed by atoms with E-state index in [0.29, 0.717) is 15.9 Å². The number of aromatic hydroxyl groups is 1. The average Bonchev–Trinajstić information content (AvgIpc) is 2.54. The van der Waals surface area contributed by atoms with E-state index in [1.807, 2.05) is 18.4 Å². The normalized spacial score (nSPS) is 10.3. The highest BCUT2D eigenvalue weighted by molar-refractivity contribution is 9.10. The van der Waals surface area contributed by atoms with Gasteiger partial charge < -0.3 is 15.2 Å². The van der Waals surface area contributed by atoms with Gasteiger partial charge in [-0.25, -0.2) is 10.6 Å². The zero-order valence-corrected chi connectivity index (χ0v) is 15.6. The highest BCUT2D eigenvalue weighted by atomic mass is 79.9. The number of phenolic OH excluding ortho intramolecular Hbond substituents is 1. The Bertz CT molecular complexity index is 741. The molecule has 2 aromatic rings. The molecule has 0 saturated carbocycles. The number of hydrazine groups is 1. The molecule has 0 spiro atoms. The van der Waals surface area contributed by atoms with Crippen LogP contribution in [0.3, 0.4) is 0 Å². The molecule has 0 bridgehead atoms. The topological polar surface area (TPSA) is 87.8 Å². The lowest BCUT2D eigenvalue weighted by Gasteiger charge is -2.18. The molecule has 0 aromatic heterocycles. The van der Waals surface area contributed by atoms with Crippen LogP contribution in [0.4, 0.5) is 10.5 Å². The molecule has 4 N–H and O–H groups in total. The van der Waals surface area contributed by atoms with Gasteiger partial charge in [0.15, 0.2) is 0 Å². The maximum absolute atomic E-state index is 11.8. The third-order valence-electron chi connectivity index (χ3n) is 3.20. The number of phenols is 1. The number of amides is 2. The molecule has 2 rings (SSSR count). The molecule has 0 saturated heterocycles. The first kappa shape index (κ1) is 18.4. The summed E-state index contributed by atoms with van der Waals surface area (Å²) in [6.45, 7) is 0.254. The van der Waals surface area contributed by atoms with Crippen LogP contribution in [-0.4, -0.2) is 29.4 Å². The largest absolute Gasteiger partial charge is 0.508 e. The highest BCUT2D eigenvalue weighted by Crippen LogP contribution is 2.32. The van der Waals surface area contributed by atoms with E-state index in [0.717, 1.165) is 15.5 Å². The molecule has 8 heteroatoms. The summed E-state index contributed by atoms with van der Waals surface area (Å²) in [5, 5.41) is 13.2. The quantitative estimate of drug-likeness (QED) is 0.301. The second-order valence-corrected chi connectivity index (χ2v) is 6.63. The van der Waals surface area contributed by atoms with Crippen molar-refractivity contribution >= 4 is 39.4 Å². The minimum Gasteiger partial charge on any atom is -0.508 e. The van der Waals surface area contributed by atoms with Crippen molar-refractivity contribution in [2.75, 3.05) is 18.6 Å². The van der Waals surface area contributed by atoms with Crippen LogP contribution in [0.15, 0.2) is 45.8 Å². The van der Waals surface area contributed by atoms with E-state index in [4.69, 9.17) is 10.6 Å². The van der Waals surface area contributed by atoms with Crippen LogP contribution >= 0.6 is 27.7 Å². The van der Waals surface area contributed by atoms with Crippen molar-refractivity contribution in [1.82, 2.24) is 5.01 Å². The van der Waals surface area contributed by atoms with Gasteiger partial charge in [0.25, 0.3) is 0 Å². The number of hydrogen-bond donors (Lipinski definition) is 3. The molecule has 0 fully saturated rings. The van der Waals surface area contributed by atoms with Gasteiger partial charge in [0.2, 0.25) is 0 Å². The fourth-order valence-electron chi connectivity index (χ4n) is 1.98. The van der Waals surface area contributed by atoms with Gasteiger partial charge in [0.05, 0.1) is 10.2 Å². The summed E-state index contributed by atoms with van der Waals surface area (Å²) in [7, 11) is 1.47. The van der Waals surface area contributed by atoms with Gasteiger partial charge in [-0.15, -0.1) is 11.8 Å². The SMILES string of the molecule is CSc1cccc(NC(=O)N(C)N)c1COc1ccc(O)cc1Br. The van der Waals surface area contributed by atoms with Gasteiger partial charge in [-0.1, -0.05) is 6.07 Å². The number of hydrogen-bond acceptors (Lipinski definition) is 5. The van der Waals surface area contributed by atoms with Gasteiger partial charge in [-0.2, -0.15) is 0 Å². The molecule has 0 aliphatic carbocycles. The Balaban J connectivity index is 2.25. The lowest BCUT2D eigenvalue weighted by atomic mass is 10.2. The van der Waals surface area contributed by atoms with Crippen molar-refractivity contribution in [2.24, 2.45) is 5.84 Å². The third kappa shape index (κ3) is 4.56. The van der Waals surface area contributed by atoms with E-state index < -0.39 is 6.03 Å². The molecule has 0 aliphatic heterocycles. The first-order valence-corrected chi connectivity index (χ1v) is 9.00. The molecule has 0 aliphatic rings. The monoisotopic (exact) mass is 411 g/mol. The zero-order valence-electron chi connectivity index (χ0n) is 13.2. The number of rotatable bonds is 5. The van der Waals surface area contributed by atoms with Crippen LogP contribution in [0.5, 0.6) is 11.5 Å². The van der Waals surface area contributed by atoms with Gasteiger partial charge in [0.1, 0.15) is 18.1 Å². The van der Waals surface area contributed by atoms with Crippen LogP contribution in [0.2, 0.25) is 0 Å². The van der Waals surface area contributed by atoms with Gasteiger partial charge in [-0.05, 0) is 52.5 Å². The number of benzene rings is 2. The Labute approximate surface area is 153 Å². The van der Waals surface area contributed by atoms with Crippen molar-refractivity contribution < 1.29 is 14.6 Å². The number of thioether (sulfide) groups is 1. The third-order valence-corrected chi connectivity index (χ3v) is 4.64. The van der Waals surface area contributed by atoms with Crippen molar-refractivity contribution in [3.05, 3.63) is 46.4 Å². The molecule has 2 amide bonds. The van der Waals surface area contributed by atoms with Crippen LogP contribution < -0.4 is 15.9 Å². The number of ether oxygens (including phenoxy) is 1. The molecule has 0 heterocycles. The van der Waals surface area contributed by atoms with Crippen LogP contribution in [0.25, 0.3) is 0 Å². The Morgan fingerprint density at radius 2 is 2.17 bits per heavy atom. The summed E-state index contributed by atoms with van der Waals surface area (Å²) >= 11 is 4.91. The van der Waals surface area contributed by atoms with Gasteiger partial charge >= 0.3 is 6.03 Å². The van der Waals surface area contributed by atoms with Crippen molar-refractivity contribution in [1.29, 1.82) is 0 Å². The molecule has 24 heavy (non-hydrogen) atoms. The Kier molecular flexibility index (Phi) is 6.36. The molecular weight excluding hydrogens is 394 g/mol.